The van der Waals surface area contributed by atoms with Gasteiger partial charge in [-0.05, 0) is 42.5 Å². The lowest BCUT2D eigenvalue weighted by Crippen LogP contribution is -2.37. The molecular weight excluding hydrogens is 372 g/mol. The number of nitrogens with zero attached hydrogens (tertiary/aromatic N) is 3. The Morgan fingerprint density at radius 1 is 1.11 bits per heavy atom. The summed E-state index contributed by atoms with van der Waals surface area (Å²) >= 11 is 5.89. The fourth-order valence-corrected chi connectivity index (χ4v) is 3.23. The van der Waals surface area contributed by atoms with Crippen molar-refractivity contribution >= 4 is 17.5 Å². The summed E-state index contributed by atoms with van der Waals surface area (Å²) in [4.78, 5) is 23.1. The Morgan fingerprint density at radius 3 is 2.67 bits per heavy atom. The Balaban J connectivity index is 1.58. The van der Waals surface area contributed by atoms with Crippen molar-refractivity contribution in [3.05, 3.63) is 82.1 Å². The van der Waals surface area contributed by atoms with Gasteiger partial charge in [0.1, 0.15) is 11.6 Å². The minimum absolute atomic E-state index is 0.0465. The van der Waals surface area contributed by atoms with Crippen LogP contribution in [-0.4, -0.2) is 27.3 Å². The number of amides is 1. The molecule has 2 heterocycles. The third-order valence-corrected chi connectivity index (χ3v) is 4.72. The molecule has 27 heavy (non-hydrogen) atoms. The number of hydrogen-bond donors (Lipinski definition) is 0. The van der Waals surface area contributed by atoms with Gasteiger partial charge < -0.3 is 4.90 Å². The molecule has 7 heteroatoms. The molecule has 4 rings (SSSR count). The van der Waals surface area contributed by atoms with Crippen LogP contribution in [0.2, 0.25) is 5.02 Å². The van der Waals surface area contributed by atoms with Gasteiger partial charge in [-0.2, -0.15) is 0 Å². The lowest BCUT2D eigenvalue weighted by Gasteiger charge is -2.28. The zero-order valence-corrected chi connectivity index (χ0v) is 14.9. The van der Waals surface area contributed by atoms with Gasteiger partial charge in [0.25, 0.3) is 5.91 Å². The quantitative estimate of drug-likeness (QED) is 0.661. The molecule has 0 N–H and O–H groups in total. The molecule has 0 saturated heterocycles. The third-order valence-electron chi connectivity index (χ3n) is 4.48. The Morgan fingerprint density at radius 2 is 1.89 bits per heavy atom. The van der Waals surface area contributed by atoms with Crippen molar-refractivity contribution in [2.24, 2.45) is 0 Å². The molecular formula is C20H14ClF2N3O. The molecule has 0 aliphatic carbocycles. The van der Waals surface area contributed by atoms with Crippen molar-refractivity contribution in [1.29, 1.82) is 0 Å². The average molecular weight is 386 g/mol. The number of carbonyl (C=O) groups excluding carboxylic acids is 1. The summed E-state index contributed by atoms with van der Waals surface area (Å²) in [5.74, 6) is -0.824. The minimum Gasteiger partial charge on any atom is -0.334 e. The number of rotatable bonds is 2. The van der Waals surface area contributed by atoms with Crippen LogP contribution in [-0.2, 0) is 13.0 Å². The van der Waals surface area contributed by atoms with Gasteiger partial charge >= 0.3 is 0 Å². The van der Waals surface area contributed by atoms with Crippen LogP contribution in [0.5, 0.6) is 0 Å². The standard InChI is InChI=1S/C20H14ClF2N3O/c21-14-3-6-17(23)16(9-14)20(27)26-8-7-18-13(11-26)10-24-19(25-18)12-1-4-15(22)5-2-12/h1-6,9-10H,7-8,11H2. The summed E-state index contributed by atoms with van der Waals surface area (Å²) in [6.07, 6.45) is 2.19. The SMILES string of the molecule is O=C(c1cc(Cl)ccc1F)N1CCc2nc(-c3ccc(F)cc3)ncc2C1. The van der Waals surface area contributed by atoms with E-state index in [4.69, 9.17) is 11.6 Å². The summed E-state index contributed by atoms with van der Waals surface area (Å²) < 4.78 is 27.1. The van der Waals surface area contributed by atoms with Gasteiger partial charge in [0.2, 0.25) is 0 Å². The van der Waals surface area contributed by atoms with Gasteiger partial charge in [0, 0.05) is 41.9 Å². The Kier molecular flexibility index (Phi) is 4.58. The lowest BCUT2D eigenvalue weighted by atomic mass is 10.0. The second-order valence-electron chi connectivity index (χ2n) is 6.27. The first kappa shape index (κ1) is 17.5. The molecule has 0 unspecified atom stereocenters. The largest absolute Gasteiger partial charge is 0.334 e. The first-order valence-corrected chi connectivity index (χ1v) is 8.74. The number of carbonyl (C=O) groups is 1. The maximum absolute atomic E-state index is 14.0. The van der Waals surface area contributed by atoms with Crippen molar-refractivity contribution in [2.75, 3.05) is 6.54 Å². The van der Waals surface area contributed by atoms with Crippen LogP contribution in [0.3, 0.4) is 0 Å². The van der Waals surface area contributed by atoms with Gasteiger partial charge in [-0.3, -0.25) is 4.79 Å². The van der Waals surface area contributed by atoms with E-state index in [1.807, 2.05) is 0 Å². The average Bonchev–Trinajstić information content (AvgIpc) is 2.69. The molecule has 0 spiro atoms. The zero-order chi connectivity index (χ0) is 19.0. The van der Waals surface area contributed by atoms with Crippen molar-refractivity contribution in [3.63, 3.8) is 0 Å². The summed E-state index contributed by atoms with van der Waals surface area (Å²) in [6.45, 7) is 0.710. The van der Waals surface area contributed by atoms with E-state index >= 15 is 0 Å². The number of benzene rings is 2. The first-order chi connectivity index (χ1) is 13.0. The molecule has 0 fully saturated rings. The van der Waals surface area contributed by atoms with Crippen LogP contribution in [0.15, 0.2) is 48.7 Å². The lowest BCUT2D eigenvalue weighted by molar-refractivity contribution is 0.0728. The molecule has 1 aliphatic rings. The second kappa shape index (κ2) is 7.04. The molecule has 0 radical (unpaired) electrons. The van der Waals surface area contributed by atoms with Gasteiger partial charge in [-0.15, -0.1) is 0 Å². The maximum Gasteiger partial charge on any atom is 0.257 e. The van der Waals surface area contributed by atoms with Crippen molar-refractivity contribution < 1.29 is 13.6 Å². The van der Waals surface area contributed by atoms with Crippen LogP contribution in [0.1, 0.15) is 21.6 Å². The fraction of sp³-hybridized carbons (Fsp3) is 0.150. The fourth-order valence-electron chi connectivity index (χ4n) is 3.06. The normalized spacial score (nSPS) is 13.4. The third kappa shape index (κ3) is 3.53. The molecule has 0 saturated carbocycles. The van der Waals surface area contributed by atoms with Gasteiger partial charge in [-0.25, -0.2) is 18.7 Å². The van der Waals surface area contributed by atoms with E-state index in [1.54, 1.807) is 23.2 Å². The summed E-state index contributed by atoms with van der Waals surface area (Å²) in [6, 6.07) is 9.89. The van der Waals surface area contributed by atoms with E-state index in [-0.39, 0.29) is 11.4 Å². The molecule has 1 amide bonds. The monoisotopic (exact) mass is 385 g/mol. The van der Waals surface area contributed by atoms with Crippen LogP contribution in [0, 0.1) is 11.6 Å². The van der Waals surface area contributed by atoms with E-state index in [9.17, 15) is 13.6 Å². The van der Waals surface area contributed by atoms with Gasteiger partial charge in [0.05, 0.1) is 11.3 Å². The zero-order valence-electron chi connectivity index (χ0n) is 14.1. The van der Waals surface area contributed by atoms with Crippen molar-refractivity contribution in [3.8, 4) is 11.4 Å². The number of hydrogen-bond acceptors (Lipinski definition) is 3. The number of fused-ring (bicyclic) bond motifs is 1. The Bertz CT molecular complexity index is 1020. The van der Waals surface area contributed by atoms with E-state index in [0.29, 0.717) is 30.4 Å². The molecule has 136 valence electrons. The van der Waals surface area contributed by atoms with Crippen LogP contribution in [0.4, 0.5) is 8.78 Å². The van der Waals surface area contributed by atoms with Crippen LogP contribution >= 0.6 is 11.6 Å². The molecule has 1 aromatic heterocycles. The number of aromatic nitrogens is 2. The highest BCUT2D eigenvalue weighted by Crippen LogP contribution is 2.24. The highest BCUT2D eigenvalue weighted by Gasteiger charge is 2.25. The summed E-state index contributed by atoms with van der Waals surface area (Å²) in [5, 5.41) is 0.310. The van der Waals surface area contributed by atoms with Crippen molar-refractivity contribution in [2.45, 2.75) is 13.0 Å². The predicted octanol–water partition coefficient (Wildman–Crippen LogP) is 4.27. The molecule has 1 aliphatic heterocycles. The topological polar surface area (TPSA) is 46.1 Å². The predicted molar refractivity (Wildman–Crippen MR) is 97.3 cm³/mol. The molecule has 2 aromatic carbocycles. The Hall–Kier alpha value is -2.86. The van der Waals surface area contributed by atoms with Crippen molar-refractivity contribution in [1.82, 2.24) is 14.9 Å². The molecule has 4 nitrogen and oxygen atoms in total. The number of halogens is 3. The van der Waals surface area contributed by atoms with Crippen LogP contribution in [0.25, 0.3) is 11.4 Å². The highest BCUT2D eigenvalue weighted by molar-refractivity contribution is 6.31. The van der Waals surface area contributed by atoms with Gasteiger partial charge in [0.15, 0.2) is 5.82 Å². The molecule has 0 bridgehead atoms. The molecule has 3 aromatic rings. The van der Waals surface area contributed by atoms with E-state index in [2.05, 4.69) is 9.97 Å². The van der Waals surface area contributed by atoms with Crippen LogP contribution < -0.4 is 0 Å². The van der Waals surface area contributed by atoms with Gasteiger partial charge in [-0.1, -0.05) is 11.6 Å². The van der Waals surface area contributed by atoms with E-state index in [1.165, 1.54) is 30.3 Å². The first-order valence-electron chi connectivity index (χ1n) is 8.36. The smallest absolute Gasteiger partial charge is 0.257 e. The maximum atomic E-state index is 14.0. The summed E-state index contributed by atoms with van der Waals surface area (Å²) in [7, 11) is 0. The van der Waals surface area contributed by atoms with E-state index < -0.39 is 11.7 Å². The highest BCUT2D eigenvalue weighted by atomic mass is 35.5. The van der Waals surface area contributed by atoms with E-state index in [0.717, 1.165) is 16.8 Å². The minimum atomic E-state index is -0.599. The molecule has 0 atom stereocenters. The Labute approximate surface area is 159 Å². The second-order valence-corrected chi connectivity index (χ2v) is 6.71. The summed E-state index contributed by atoms with van der Waals surface area (Å²) in [5.41, 5.74) is 2.32.